The van der Waals surface area contributed by atoms with Gasteiger partial charge in [-0.1, -0.05) is 32.6 Å². The van der Waals surface area contributed by atoms with Crippen LogP contribution in [0.25, 0.3) is 0 Å². The molecule has 1 fully saturated rings. The van der Waals surface area contributed by atoms with E-state index in [0.29, 0.717) is 5.92 Å². The SMILES string of the molecule is CCNC(C#N)C1CCCCCC1. The van der Waals surface area contributed by atoms with E-state index in [-0.39, 0.29) is 6.04 Å². The van der Waals surface area contributed by atoms with Crippen molar-refractivity contribution in [2.75, 3.05) is 6.54 Å². The maximum absolute atomic E-state index is 8.99. The van der Waals surface area contributed by atoms with E-state index in [4.69, 9.17) is 5.26 Å². The minimum Gasteiger partial charge on any atom is -0.302 e. The number of nitrogens with zero attached hydrogens (tertiary/aromatic N) is 1. The zero-order valence-electron chi connectivity index (χ0n) is 8.55. The van der Waals surface area contributed by atoms with Crippen molar-refractivity contribution in [3.63, 3.8) is 0 Å². The normalized spacial score (nSPS) is 21.8. The van der Waals surface area contributed by atoms with Crippen LogP contribution >= 0.6 is 0 Å². The van der Waals surface area contributed by atoms with Crippen LogP contribution in [-0.2, 0) is 0 Å². The number of hydrogen-bond acceptors (Lipinski definition) is 2. The van der Waals surface area contributed by atoms with E-state index in [9.17, 15) is 0 Å². The lowest BCUT2D eigenvalue weighted by atomic mass is 9.93. The van der Waals surface area contributed by atoms with Crippen LogP contribution in [0.2, 0.25) is 0 Å². The molecule has 1 saturated carbocycles. The van der Waals surface area contributed by atoms with Gasteiger partial charge in [0.25, 0.3) is 0 Å². The molecular weight excluding hydrogens is 160 g/mol. The third-order valence-electron chi connectivity index (χ3n) is 2.93. The van der Waals surface area contributed by atoms with E-state index < -0.39 is 0 Å². The lowest BCUT2D eigenvalue weighted by Gasteiger charge is -2.20. The van der Waals surface area contributed by atoms with Crippen molar-refractivity contribution < 1.29 is 0 Å². The summed E-state index contributed by atoms with van der Waals surface area (Å²) >= 11 is 0. The van der Waals surface area contributed by atoms with E-state index in [1.807, 2.05) is 0 Å². The van der Waals surface area contributed by atoms with Gasteiger partial charge in [0, 0.05) is 0 Å². The Labute approximate surface area is 81.3 Å². The molecule has 1 aliphatic carbocycles. The van der Waals surface area contributed by atoms with E-state index >= 15 is 0 Å². The Morgan fingerprint density at radius 3 is 2.38 bits per heavy atom. The Kier molecular flexibility index (Phi) is 4.85. The monoisotopic (exact) mass is 180 g/mol. The van der Waals surface area contributed by atoms with Crippen LogP contribution in [0.1, 0.15) is 45.4 Å². The summed E-state index contributed by atoms with van der Waals surface area (Å²) in [7, 11) is 0. The molecule has 0 aromatic carbocycles. The second kappa shape index (κ2) is 5.99. The summed E-state index contributed by atoms with van der Waals surface area (Å²) in [5.41, 5.74) is 0. The van der Waals surface area contributed by atoms with Crippen molar-refractivity contribution in [3.05, 3.63) is 0 Å². The van der Waals surface area contributed by atoms with Crippen molar-refractivity contribution in [3.8, 4) is 6.07 Å². The third-order valence-corrected chi connectivity index (χ3v) is 2.93. The van der Waals surface area contributed by atoms with E-state index in [1.54, 1.807) is 0 Å². The van der Waals surface area contributed by atoms with Crippen LogP contribution in [0, 0.1) is 17.2 Å². The standard InChI is InChI=1S/C11H20N2/c1-2-13-11(9-12)10-7-5-3-4-6-8-10/h10-11,13H,2-8H2,1H3. The zero-order valence-corrected chi connectivity index (χ0v) is 8.55. The number of nitriles is 1. The molecule has 1 aliphatic rings. The highest BCUT2D eigenvalue weighted by Gasteiger charge is 2.21. The van der Waals surface area contributed by atoms with Crippen molar-refractivity contribution >= 4 is 0 Å². The van der Waals surface area contributed by atoms with Crippen molar-refractivity contribution in [2.24, 2.45) is 5.92 Å². The fraction of sp³-hybridized carbons (Fsp3) is 0.909. The molecule has 0 aromatic heterocycles. The molecule has 1 unspecified atom stereocenters. The molecule has 1 atom stereocenters. The molecule has 1 N–H and O–H groups in total. The zero-order chi connectivity index (χ0) is 9.52. The van der Waals surface area contributed by atoms with Gasteiger partial charge < -0.3 is 5.32 Å². The molecule has 0 saturated heterocycles. The fourth-order valence-electron chi connectivity index (χ4n) is 2.18. The predicted octanol–water partition coefficient (Wildman–Crippen LogP) is 2.46. The van der Waals surface area contributed by atoms with Crippen LogP contribution in [-0.4, -0.2) is 12.6 Å². The summed E-state index contributed by atoms with van der Waals surface area (Å²) < 4.78 is 0. The second-order valence-corrected chi connectivity index (χ2v) is 3.92. The Morgan fingerprint density at radius 2 is 1.92 bits per heavy atom. The second-order valence-electron chi connectivity index (χ2n) is 3.92. The van der Waals surface area contributed by atoms with Crippen molar-refractivity contribution in [1.29, 1.82) is 5.26 Å². The molecule has 0 aromatic rings. The molecule has 0 amide bonds. The smallest absolute Gasteiger partial charge is 0.0981 e. The molecule has 13 heavy (non-hydrogen) atoms. The lowest BCUT2D eigenvalue weighted by Crippen LogP contribution is -2.34. The molecule has 2 heteroatoms. The molecule has 1 rings (SSSR count). The maximum Gasteiger partial charge on any atom is 0.0981 e. The number of rotatable bonds is 3. The molecular formula is C11H20N2. The fourth-order valence-corrected chi connectivity index (χ4v) is 2.18. The summed E-state index contributed by atoms with van der Waals surface area (Å²) in [6.07, 6.45) is 7.83. The molecule has 74 valence electrons. The predicted molar refractivity (Wildman–Crippen MR) is 54.3 cm³/mol. The van der Waals surface area contributed by atoms with Crippen LogP contribution in [0.4, 0.5) is 0 Å². The maximum atomic E-state index is 8.99. The van der Waals surface area contributed by atoms with Gasteiger partial charge in [0.05, 0.1) is 12.1 Å². The molecule has 2 nitrogen and oxygen atoms in total. The van der Waals surface area contributed by atoms with Gasteiger partial charge in [0.15, 0.2) is 0 Å². The first-order valence-corrected chi connectivity index (χ1v) is 5.51. The van der Waals surface area contributed by atoms with Crippen LogP contribution in [0.5, 0.6) is 0 Å². The average Bonchev–Trinajstić information content (AvgIpc) is 2.42. The van der Waals surface area contributed by atoms with Crippen LogP contribution in [0.15, 0.2) is 0 Å². The summed E-state index contributed by atoms with van der Waals surface area (Å²) in [6, 6.07) is 2.49. The molecule has 0 aliphatic heterocycles. The average molecular weight is 180 g/mol. The highest BCUT2D eigenvalue weighted by molar-refractivity contribution is 4.94. The number of nitrogens with one attached hydrogen (secondary N) is 1. The summed E-state index contributed by atoms with van der Waals surface area (Å²) in [5, 5.41) is 12.3. The molecule has 0 bridgehead atoms. The molecule has 0 radical (unpaired) electrons. The van der Waals surface area contributed by atoms with Crippen LogP contribution in [0.3, 0.4) is 0 Å². The minimum atomic E-state index is 0.100. The summed E-state index contributed by atoms with van der Waals surface area (Å²) in [5.74, 6) is 0.604. The van der Waals surface area contributed by atoms with Gasteiger partial charge >= 0.3 is 0 Å². The summed E-state index contributed by atoms with van der Waals surface area (Å²) in [4.78, 5) is 0. The van der Waals surface area contributed by atoms with E-state index in [2.05, 4.69) is 18.3 Å². The first kappa shape index (κ1) is 10.5. The lowest BCUT2D eigenvalue weighted by molar-refractivity contribution is 0.375. The van der Waals surface area contributed by atoms with Gasteiger partial charge in [-0.25, -0.2) is 0 Å². The molecule has 0 spiro atoms. The van der Waals surface area contributed by atoms with E-state index in [0.717, 1.165) is 6.54 Å². The van der Waals surface area contributed by atoms with Gasteiger partial charge in [0.2, 0.25) is 0 Å². The Hall–Kier alpha value is -0.550. The Morgan fingerprint density at radius 1 is 1.31 bits per heavy atom. The van der Waals surface area contributed by atoms with Crippen molar-refractivity contribution in [2.45, 2.75) is 51.5 Å². The first-order chi connectivity index (χ1) is 6.38. The molecule has 0 heterocycles. The summed E-state index contributed by atoms with van der Waals surface area (Å²) in [6.45, 7) is 2.98. The third kappa shape index (κ3) is 3.36. The van der Waals surface area contributed by atoms with Gasteiger partial charge in [0.1, 0.15) is 0 Å². The quantitative estimate of drug-likeness (QED) is 0.677. The Bertz CT molecular complexity index is 163. The van der Waals surface area contributed by atoms with E-state index in [1.165, 1.54) is 38.5 Å². The highest BCUT2D eigenvalue weighted by atomic mass is 14.9. The minimum absolute atomic E-state index is 0.100. The van der Waals surface area contributed by atoms with Gasteiger partial charge in [-0.3, -0.25) is 0 Å². The van der Waals surface area contributed by atoms with Crippen molar-refractivity contribution in [1.82, 2.24) is 5.32 Å². The Balaban J connectivity index is 2.41. The first-order valence-electron chi connectivity index (χ1n) is 5.51. The van der Waals surface area contributed by atoms with Gasteiger partial charge in [-0.15, -0.1) is 0 Å². The topological polar surface area (TPSA) is 35.8 Å². The van der Waals surface area contributed by atoms with Crippen LogP contribution < -0.4 is 5.32 Å². The van der Waals surface area contributed by atoms with Gasteiger partial charge in [-0.2, -0.15) is 5.26 Å². The highest BCUT2D eigenvalue weighted by Crippen LogP contribution is 2.25. The van der Waals surface area contributed by atoms with Gasteiger partial charge in [-0.05, 0) is 25.3 Å². The largest absolute Gasteiger partial charge is 0.302 e. The number of hydrogen-bond donors (Lipinski definition) is 1.